The predicted molar refractivity (Wildman–Crippen MR) is 118 cm³/mol. The van der Waals surface area contributed by atoms with Crippen molar-refractivity contribution in [3.63, 3.8) is 0 Å². The Morgan fingerprint density at radius 1 is 1.10 bits per heavy atom. The van der Waals surface area contributed by atoms with E-state index in [-0.39, 0.29) is 17.5 Å². The highest BCUT2D eigenvalue weighted by Gasteiger charge is 2.28. The summed E-state index contributed by atoms with van der Waals surface area (Å²) in [6.45, 7) is 3.45. The summed E-state index contributed by atoms with van der Waals surface area (Å²) in [5.41, 5.74) is 1.15. The van der Waals surface area contributed by atoms with Crippen LogP contribution in [-0.2, 0) is 10.0 Å². The molecule has 1 fully saturated rings. The smallest absolute Gasteiger partial charge is 0.242 e. The van der Waals surface area contributed by atoms with Gasteiger partial charge in [0.1, 0.15) is 16.4 Å². The van der Waals surface area contributed by atoms with Crippen LogP contribution >= 0.6 is 0 Å². The van der Waals surface area contributed by atoms with E-state index in [1.807, 2.05) is 24.3 Å². The lowest BCUT2D eigenvalue weighted by atomic mass is 10.1. The van der Waals surface area contributed by atoms with Crippen LogP contribution in [0.25, 0.3) is 0 Å². The van der Waals surface area contributed by atoms with Crippen molar-refractivity contribution in [2.24, 2.45) is 0 Å². The number of aromatic nitrogens is 1. The minimum Gasteiger partial charge on any atom is -0.497 e. The molecule has 1 aliphatic rings. The van der Waals surface area contributed by atoms with Gasteiger partial charge in [0.2, 0.25) is 10.0 Å². The molecule has 8 nitrogen and oxygen atoms in total. The number of benzene rings is 1. The first-order valence-electron chi connectivity index (χ1n) is 10.1. The van der Waals surface area contributed by atoms with E-state index in [4.69, 9.17) is 9.15 Å². The minimum absolute atomic E-state index is 0.150. The average Bonchev–Trinajstić information content (AvgIpc) is 3.35. The van der Waals surface area contributed by atoms with E-state index in [2.05, 4.69) is 31.6 Å². The third kappa shape index (κ3) is 5.07. The van der Waals surface area contributed by atoms with Crippen LogP contribution in [0.1, 0.15) is 11.8 Å². The van der Waals surface area contributed by atoms with E-state index in [1.54, 1.807) is 25.6 Å². The molecule has 0 amide bonds. The fraction of sp³-hybridized carbons (Fsp3) is 0.318. The zero-order chi connectivity index (χ0) is 21.7. The highest BCUT2D eigenvalue weighted by molar-refractivity contribution is 7.89. The van der Waals surface area contributed by atoms with E-state index < -0.39 is 10.0 Å². The normalized spacial score (nSPS) is 16.2. The number of sulfonamides is 1. The van der Waals surface area contributed by atoms with Gasteiger partial charge in [-0.2, -0.15) is 0 Å². The fourth-order valence-electron chi connectivity index (χ4n) is 3.75. The Labute approximate surface area is 182 Å². The summed E-state index contributed by atoms with van der Waals surface area (Å²) in [4.78, 5) is 8.62. The van der Waals surface area contributed by atoms with Crippen LogP contribution in [0.2, 0.25) is 0 Å². The van der Waals surface area contributed by atoms with Crippen molar-refractivity contribution >= 4 is 15.7 Å². The topological polar surface area (TPSA) is 87.9 Å². The van der Waals surface area contributed by atoms with E-state index in [9.17, 15) is 8.42 Å². The molecule has 1 N–H and O–H groups in total. The van der Waals surface area contributed by atoms with Gasteiger partial charge in [-0.15, -0.1) is 0 Å². The molecule has 1 atom stereocenters. The number of hydrogen-bond donors (Lipinski definition) is 1. The van der Waals surface area contributed by atoms with Crippen LogP contribution in [0.5, 0.6) is 5.75 Å². The number of pyridine rings is 1. The van der Waals surface area contributed by atoms with Gasteiger partial charge in [0.15, 0.2) is 0 Å². The number of rotatable bonds is 8. The van der Waals surface area contributed by atoms with Crippen LogP contribution in [0.15, 0.2) is 76.5 Å². The monoisotopic (exact) mass is 442 g/mol. The van der Waals surface area contributed by atoms with Gasteiger partial charge < -0.3 is 14.1 Å². The highest BCUT2D eigenvalue weighted by atomic mass is 32.2. The van der Waals surface area contributed by atoms with Crippen molar-refractivity contribution in [1.29, 1.82) is 0 Å². The number of furan rings is 1. The largest absolute Gasteiger partial charge is 0.497 e. The Balaban J connectivity index is 1.43. The molecule has 4 rings (SSSR count). The lowest BCUT2D eigenvalue weighted by Gasteiger charge is -2.39. The second kappa shape index (κ2) is 9.51. The summed E-state index contributed by atoms with van der Waals surface area (Å²) < 4.78 is 38.9. The number of hydrogen-bond acceptors (Lipinski definition) is 7. The quantitative estimate of drug-likeness (QED) is 0.574. The Hall–Kier alpha value is -2.88. The molecule has 1 aliphatic heterocycles. The second-order valence-corrected chi connectivity index (χ2v) is 9.06. The Morgan fingerprint density at radius 3 is 2.48 bits per heavy atom. The molecule has 1 saturated heterocycles. The summed E-state index contributed by atoms with van der Waals surface area (Å²) in [7, 11) is -1.99. The molecule has 0 aliphatic carbocycles. The standard InChI is InChI=1S/C22H26N4O4S/c1-29-19-8-6-18(7-9-19)25-11-13-26(14-12-25)21(22-5-3-15-30-22)17-24-31(27,28)20-4-2-10-23-16-20/h2-10,15-16,21,24H,11-14,17H2,1H3. The van der Waals surface area contributed by atoms with Gasteiger partial charge in [-0.3, -0.25) is 9.88 Å². The molecule has 0 saturated carbocycles. The maximum absolute atomic E-state index is 12.7. The van der Waals surface area contributed by atoms with Gasteiger partial charge >= 0.3 is 0 Å². The van der Waals surface area contributed by atoms with E-state index in [0.29, 0.717) is 0 Å². The molecular weight excluding hydrogens is 416 g/mol. The van der Waals surface area contributed by atoms with Crippen molar-refractivity contribution in [3.05, 3.63) is 72.9 Å². The molecule has 0 bridgehead atoms. The molecule has 164 valence electrons. The number of nitrogens with zero attached hydrogens (tertiary/aromatic N) is 3. The molecular formula is C22H26N4O4S. The average molecular weight is 443 g/mol. The maximum Gasteiger partial charge on any atom is 0.242 e. The first kappa shape index (κ1) is 21.4. The number of piperazine rings is 1. The van der Waals surface area contributed by atoms with Crippen molar-refractivity contribution in [2.45, 2.75) is 10.9 Å². The molecule has 0 spiro atoms. The summed E-state index contributed by atoms with van der Waals surface area (Å²) in [5.74, 6) is 1.58. The first-order chi connectivity index (χ1) is 15.1. The van der Waals surface area contributed by atoms with Gasteiger partial charge in [-0.1, -0.05) is 0 Å². The number of ether oxygens (including phenoxy) is 1. The second-order valence-electron chi connectivity index (χ2n) is 7.29. The van der Waals surface area contributed by atoms with Crippen LogP contribution < -0.4 is 14.4 Å². The molecule has 1 aromatic carbocycles. The summed E-state index contributed by atoms with van der Waals surface area (Å²) in [6, 6.07) is 14.7. The van der Waals surface area contributed by atoms with Crippen molar-refractivity contribution < 1.29 is 17.6 Å². The first-order valence-corrected chi connectivity index (χ1v) is 11.6. The van der Waals surface area contributed by atoms with Crippen LogP contribution in [0.3, 0.4) is 0 Å². The SMILES string of the molecule is COc1ccc(N2CCN(C(CNS(=O)(=O)c3cccnc3)c3ccco3)CC2)cc1. The van der Waals surface area contributed by atoms with Crippen molar-refractivity contribution in [1.82, 2.24) is 14.6 Å². The van der Waals surface area contributed by atoms with E-state index >= 15 is 0 Å². The lowest BCUT2D eigenvalue weighted by molar-refractivity contribution is 0.166. The number of anilines is 1. The minimum atomic E-state index is -3.65. The summed E-state index contributed by atoms with van der Waals surface area (Å²) >= 11 is 0. The highest BCUT2D eigenvalue weighted by Crippen LogP contribution is 2.26. The molecule has 0 radical (unpaired) electrons. The molecule has 31 heavy (non-hydrogen) atoms. The summed E-state index contributed by atoms with van der Waals surface area (Å²) in [5, 5.41) is 0. The van der Waals surface area contributed by atoms with E-state index in [0.717, 1.165) is 43.4 Å². The third-order valence-electron chi connectivity index (χ3n) is 5.48. The Morgan fingerprint density at radius 2 is 1.87 bits per heavy atom. The van der Waals surface area contributed by atoms with E-state index in [1.165, 1.54) is 12.3 Å². The van der Waals surface area contributed by atoms with Gasteiger partial charge in [0, 0.05) is 50.8 Å². The van der Waals surface area contributed by atoms with Gasteiger partial charge in [-0.05, 0) is 48.5 Å². The fourth-order valence-corrected chi connectivity index (χ4v) is 4.75. The van der Waals surface area contributed by atoms with Crippen LogP contribution in [-0.4, -0.2) is 58.1 Å². The number of methoxy groups -OCH3 is 1. The van der Waals surface area contributed by atoms with Crippen molar-refractivity contribution in [2.75, 3.05) is 44.7 Å². The Bertz CT molecular complexity index is 1050. The predicted octanol–water partition coefficient (Wildman–Crippen LogP) is 2.53. The molecule has 3 aromatic rings. The van der Waals surface area contributed by atoms with Gasteiger partial charge in [0.25, 0.3) is 0 Å². The van der Waals surface area contributed by atoms with Crippen LogP contribution in [0, 0.1) is 0 Å². The number of nitrogens with one attached hydrogen (secondary N) is 1. The zero-order valence-electron chi connectivity index (χ0n) is 17.3. The molecule has 1 unspecified atom stereocenters. The summed E-state index contributed by atoms with van der Waals surface area (Å²) in [6.07, 6.45) is 4.51. The maximum atomic E-state index is 12.7. The zero-order valence-corrected chi connectivity index (χ0v) is 18.2. The lowest BCUT2D eigenvalue weighted by Crippen LogP contribution is -2.49. The van der Waals surface area contributed by atoms with Crippen molar-refractivity contribution in [3.8, 4) is 5.75 Å². The third-order valence-corrected chi connectivity index (χ3v) is 6.88. The van der Waals surface area contributed by atoms with Gasteiger partial charge in [0.05, 0.1) is 19.4 Å². The Kier molecular flexibility index (Phi) is 6.55. The molecule has 3 heterocycles. The van der Waals surface area contributed by atoms with Gasteiger partial charge in [-0.25, -0.2) is 13.1 Å². The molecule has 2 aromatic heterocycles. The molecule has 9 heteroatoms. The van der Waals surface area contributed by atoms with Crippen LogP contribution in [0.4, 0.5) is 5.69 Å².